The van der Waals surface area contributed by atoms with E-state index < -0.39 is 0 Å². The summed E-state index contributed by atoms with van der Waals surface area (Å²) in [5, 5.41) is 3.56. The number of nitrogens with zero attached hydrogens (tertiary/aromatic N) is 3. The van der Waals surface area contributed by atoms with Gasteiger partial charge in [0, 0.05) is 52.7 Å². The van der Waals surface area contributed by atoms with Gasteiger partial charge in [-0.1, -0.05) is 30.3 Å². The summed E-state index contributed by atoms with van der Waals surface area (Å²) < 4.78 is 6.22. The van der Waals surface area contributed by atoms with Gasteiger partial charge in [-0.05, 0) is 61.3 Å². The molecule has 0 aliphatic rings. The molecule has 5 heteroatoms. The molecule has 0 radical (unpaired) electrons. The summed E-state index contributed by atoms with van der Waals surface area (Å²) >= 11 is 0. The van der Waals surface area contributed by atoms with E-state index in [-0.39, 0.29) is 6.04 Å². The minimum Gasteiger partial charge on any atom is -0.490 e. The number of para-hydroxylation sites is 1. The number of ether oxygens (including phenoxy) is 1. The van der Waals surface area contributed by atoms with Gasteiger partial charge in [0.15, 0.2) is 0 Å². The summed E-state index contributed by atoms with van der Waals surface area (Å²) in [7, 11) is 4.20. The summed E-state index contributed by atoms with van der Waals surface area (Å²) in [4.78, 5) is 14.2. The zero-order valence-electron chi connectivity index (χ0n) is 18.3. The highest BCUT2D eigenvalue weighted by atomic mass is 16.5. The average Bonchev–Trinajstić information content (AvgIpc) is 3.24. The van der Waals surface area contributed by atoms with Crippen molar-refractivity contribution < 1.29 is 4.74 Å². The van der Waals surface area contributed by atoms with Gasteiger partial charge < -0.3 is 14.6 Å². The van der Waals surface area contributed by atoms with Gasteiger partial charge in [-0.15, -0.1) is 0 Å². The van der Waals surface area contributed by atoms with Gasteiger partial charge in [-0.2, -0.15) is 0 Å². The highest BCUT2D eigenvalue weighted by molar-refractivity contribution is 5.86. The topological polar surface area (TPSA) is 54.0 Å². The molecule has 5 aromatic rings. The van der Waals surface area contributed by atoms with E-state index in [0.29, 0.717) is 6.61 Å². The summed E-state index contributed by atoms with van der Waals surface area (Å²) in [6, 6.07) is 19.1. The lowest BCUT2D eigenvalue weighted by atomic mass is 10.0. The normalized spacial score (nSPS) is 12.5. The highest BCUT2D eigenvalue weighted by Gasteiger charge is 2.16. The second-order valence-corrected chi connectivity index (χ2v) is 8.34. The van der Waals surface area contributed by atoms with Crippen LogP contribution < -0.4 is 4.74 Å². The number of rotatable bonds is 7. The van der Waals surface area contributed by atoms with Crippen molar-refractivity contribution >= 4 is 21.7 Å². The van der Waals surface area contributed by atoms with Crippen LogP contribution in [0.25, 0.3) is 32.8 Å². The van der Waals surface area contributed by atoms with Crippen LogP contribution in [0, 0.1) is 0 Å². The van der Waals surface area contributed by atoms with Crippen molar-refractivity contribution in [1.29, 1.82) is 0 Å². The van der Waals surface area contributed by atoms with Gasteiger partial charge in [-0.3, -0.25) is 9.97 Å². The molecule has 0 bridgehead atoms. The van der Waals surface area contributed by atoms with Crippen molar-refractivity contribution in [2.24, 2.45) is 0 Å². The van der Waals surface area contributed by atoms with E-state index in [1.165, 1.54) is 16.5 Å². The zero-order valence-corrected chi connectivity index (χ0v) is 18.3. The molecule has 0 fully saturated rings. The van der Waals surface area contributed by atoms with Crippen LogP contribution in [-0.4, -0.2) is 46.6 Å². The fraction of sp³-hybridized carbons (Fsp3) is 0.185. The number of aromatic nitrogens is 3. The van der Waals surface area contributed by atoms with Gasteiger partial charge in [0.2, 0.25) is 0 Å². The largest absolute Gasteiger partial charge is 0.490 e. The molecule has 5 rings (SSSR count). The Balaban J connectivity index is 1.32. The SMILES string of the molecule is CN(C)C(COc1cncc(-c2ccc3cnccc3c2)c1)Cc1c[nH]c2ccccc12. The Morgan fingerprint density at radius 1 is 0.906 bits per heavy atom. The van der Waals surface area contributed by atoms with Crippen molar-refractivity contribution in [3.05, 3.63) is 91.1 Å². The predicted octanol–water partition coefficient (Wildman–Crippen LogP) is 5.33. The van der Waals surface area contributed by atoms with E-state index in [2.05, 4.69) is 88.7 Å². The van der Waals surface area contributed by atoms with Crippen LogP contribution in [0.15, 0.2) is 85.6 Å². The summed E-state index contributed by atoms with van der Waals surface area (Å²) in [5.74, 6) is 0.781. The fourth-order valence-corrected chi connectivity index (χ4v) is 4.06. The second-order valence-electron chi connectivity index (χ2n) is 8.34. The fourth-order valence-electron chi connectivity index (χ4n) is 4.06. The van der Waals surface area contributed by atoms with Gasteiger partial charge in [-0.25, -0.2) is 0 Å². The molecule has 160 valence electrons. The number of fused-ring (bicyclic) bond motifs is 2. The Bertz CT molecular complexity index is 1360. The molecule has 0 saturated carbocycles. The Labute approximate surface area is 187 Å². The van der Waals surface area contributed by atoms with Crippen molar-refractivity contribution in [3.8, 4) is 16.9 Å². The summed E-state index contributed by atoms with van der Waals surface area (Å²) in [5.41, 5.74) is 4.63. The number of likely N-dealkylation sites (N-methyl/N-ethyl adjacent to an activating group) is 1. The molecule has 0 spiro atoms. The predicted molar refractivity (Wildman–Crippen MR) is 130 cm³/mol. The highest BCUT2D eigenvalue weighted by Crippen LogP contribution is 2.26. The molecule has 1 atom stereocenters. The number of benzene rings is 2. The smallest absolute Gasteiger partial charge is 0.138 e. The van der Waals surface area contributed by atoms with Crippen LogP contribution in [0.5, 0.6) is 5.75 Å². The molecule has 32 heavy (non-hydrogen) atoms. The molecular weight excluding hydrogens is 396 g/mol. The van der Waals surface area contributed by atoms with Crippen molar-refractivity contribution in [2.75, 3.05) is 20.7 Å². The number of aromatic amines is 1. The third-order valence-electron chi connectivity index (χ3n) is 5.99. The molecule has 3 aromatic heterocycles. The molecular formula is C27H26N4O. The second kappa shape index (κ2) is 8.81. The van der Waals surface area contributed by atoms with Crippen molar-refractivity contribution in [2.45, 2.75) is 12.5 Å². The van der Waals surface area contributed by atoms with Crippen LogP contribution in [0.3, 0.4) is 0 Å². The van der Waals surface area contributed by atoms with E-state index in [9.17, 15) is 0 Å². The first-order chi connectivity index (χ1) is 15.7. The minimum absolute atomic E-state index is 0.242. The van der Waals surface area contributed by atoms with E-state index in [1.807, 2.05) is 24.7 Å². The maximum atomic E-state index is 6.22. The zero-order chi connectivity index (χ0) is 21.9. The number of nitrogens with one attached hydrogen (secondary N) is 1. The average molecular weight is 423 g/mol. The first-order valence-electron chi connectivity index (χ1n) is 10.8. The number of hydrogen-bond acceptors (Lipinski definition) is 4. The first-order valence-corrected chi connectivity index (χ1v) is 10.8. The molecule has 1 unspecified atom stereocenters. The Morgan fingerprint density at radius 3 is 2.72 bits per heavy atom. The standard InChI is InChI=1S/C27H26N4O/c1-31(2)24(12-23-16-30-27-6-4-3-5-26(23)27)18-32-25-13-22(15-29-17-25)19-7-8-21-14-28-10-9-20(21)11-19/h3-11,13-17,24,30H,12,18H2,1-2H3. The Hall–Kier alpha value is -3.70. The van der Waals surface area contributed by atoms with Crippen molar-refractivity contribution in [1.82, 2.24) is 19.9 Å². The van der Waals surface area contributed by atoms with Crippen LogP contribution in [0.4, 0.5) is 0 Å². The van der Waals surface area contributed by atoms with Crippen LogP contribution >= 0.6 is 0 Å². The molecule has 0 saturated heterocycles. The van der Waals surface area contributed by atoms with Gasteiger partial charge in [0.05, 0.1) is 6.20 Å². The lowest BCUT2D eigenvalue weighted by Crippen LogP contribution is -2.35. The molecule has 0 aliphatic heterocycles. The van der Waals surface area contributed by atoms with Gasteiger partial charge >= 0.3 is 0 Å². The monoisotopic (exact) mass is 422 g/mol. The van der Waals surface area contributed by atoms with Crippen LogP contribution in [0.2, 0.25) is 0 Å². The van der Waals surface area contributed by atoms with Gasteiger partial charge in [0.25, 0.3) is 0 Å². The third kappa shape index (κ3) is 4.20. The summed E-state index contributed by atoms with van der Waals surface area (Å²) in [6.45, 7) is 0.584. The molecule has 5 nitrogen and oxygen atoms in total. The number of hydrogen-bond donors (Lipinski definition) is 1. The van der Waals surface area contributed by atoms with E-state index >= 15 is 0 Å². The van der Waals surface area contributed by atoms with Crippen LogP contribution in [-0.2, 0) is 6.42 Å². The third-order valence-corrected chi connectivity index (χ3v) is 5.99. The van der Waals surface area contributed by atoms with E-state index in [0.717, 1.165) is 34.1 Å². The number of H-pyrrole nitrogens is 1. The summed E-state index contributed by atoms with van der Waals surface area (Å²) in [6.07, 6.45) is 10.4. The molecule has 0 amide bonds. The molecule has 1 N–H and O–H groups in total. The maximum Gasteiger partial charge on any atom is 0.138 e. The molecule has 3 heterocycles. The van der Waals surface area contributed by atoms with E-state index in [1.54, 1.807) is 6.20 Å². The quantitative estimate of drug-likeness (QED) is 0.385. The Morgan fingerprint density at radius 2 is 1.81 bits per heavy atom. The molecule has 2 aromatic carbocycles. The molecule has 0 aliphatic carbocycles. The minimum atomic E-state index is 0.242. The lowest BCUT2D eigenvalue weighted by Gasteiger charge is -2.24. The lowest BCUT2D eigenvalue weighted by molar-refractivity contribution is 0.184. The Kier molecular flexibility index (Phi) is 5.57. The van der Waals surface area contributed by atoms with E-state index in [4.69, 9.17) is 4.74 Å². The van der Waals surface area contributed by atoms with Crippen LogP contribution in [0.1, 0.15) is 5.56 Å². The first kappa shape index (κ1) is 20.2. The number of pyridine rings is 2. The maximum absolute atomic E-state index is 6.22. The van der Waals surface area contributed by atoms with Gasteiger partial charge in [0.1, 0.15) is 12.4 Å². The van der Waals surface area contributed by atoms with Crippen molar-refractivity contribution in [3.63, 3.8) is 0 Å².